The zero-order valence-corrected chi connectivity index (χ0v) is 16.1. The summed E-state index contributed by atoms with van der Waals surface area (Å²) in [6, 6.07) is 11.0. The van der Waals surface area contributed by atoms with E-state index < -0.39 is 0 Å². The zero-order chi connectivity index (χ0) is 15.1. The minimum atomic E-state index is 0. The Balaban J connectivity index is 0.00000242. The van der Waals surface area contributed by atoms with Crippen LogP contribution in [0.1, 0.15) is 25.8 Å². The summed E-state index contributed by atoms with van der Waals surface area (Å²) in [5.41, 5.74) is 1.64. The monoisotopic (exact) mass is 417 g/mol. The molecular weight excluding hydrogens is 389 g/mol. The molecule has 1 saturated heterocycles. The lowest BCUT2D eigenvalue weighted by Gasteiger charge is -2.38. The number of guanidine groups is 1. The molecule has 4 nitrogen and oxygen atoms in total. The van der Waals surface area contributed by atoms with Crippen LogP contribution in [-0.2, 0) is 11.2 Å². The van der Waals surface area contributed by atoms with Crippen LogP contribution in [0.4, 0.5) is 0 Å². The van der Waals surface area contributed by atoms with Gasteiger partial charge in [0.25, 0.3) is 0 Å². The summed E-state index contributed by atoms with van der Waals surface area (Å²) in [5.74, 6) is 0.878. The number of ether oxygens (including phenoxy) is 1. The molecule has 0 aliphatic carbocycles. The molecule has 0 radical (unpaired) electrons. The highest BCUT2D eigenvalue weighted by Gasteiger charge is 2.33. The minimum Gasteiger partial charge on any atom is -0.380 e. The van der Waals surface area contributed by atoms with Gasteiger partial charge in [-0.3, -0.25) is 4.99 Å². The second-order valence-electron chi connectivity index (χ2n) is 6.30. The molecule has 22 heavy (non-hydrogen) atoms. The van der Waals surface area contributed by atoms with Crippen molar-refractivity contribution in [3.05, 3.63) is 35.9 Å². The molecule has 1 atom stereocenters. The van der Waals surface area contributed by atoms with E-state index in [9.17, 15) is 0 Å². The maximum atomic E-state index is 5.27. The molecule has 5 heteroatoms. The first-order valence-electron chi connectivity index (χ1n) is 7.70. The highest BCUT2D eigenvalue weighted by molar-refractivity contribution is 14.0. The van der Waals surface area contributed by atoms with Crippen molar-refractivity contribution in [3.63, 3.8) is 0 Å². The Hall–Kier alpha value is -0.820. The van der Waals surface area contributed by atoms with Gasteiger partial charge in [0.2, 0.25) is 0 Å². The number of hydrogen-bond acceptors (Lipinski definition) is 2. The van der Waals surface area contributed by atoms with Crippen molar-refractivity contribution in [1.82, 2.24) is 10.6 Å². The molecule has 0 amide bonds. The lowest BCUT2D eigenvalue weighted by Crippen LogP contribution is -2.52. The largest absolute Gasteiger partial charge is 0.380 e. The molecule has 124 valence electrons. The van der Waals surface area contributed by atoms with E-state index in [1.807, 2.05) is 7.05 Å². The van der Waals surface area contributed by atoms with Crippen molar-refractivity contribution in [3.8, 4) is 0 Å². The van der Waals surface area contributed by atoms with Crippen LogP contribution < -0.4 is 10.6 Å². The summed E-state index contributed by atoms with van der Waals surface area (Å²) in [6.07, 6.45) is 2.17. The lowest BCUT2D eigenvalue weighted by molar-refractivity contribution is -0.0971. The van der Waals surface area contributed by atoms with Crippen LogP contribution in [0.15, 0.2) is 35.3 Å². The fraction of sp³-hybridized carbons (Fsp3) is 0.588. The van der Waals surface area contributed by atoms with E-state index in [1.165, 1.54) is 5.56 Å². The fourth-order valence-corrected chi connectivity index (χ4v) is 2.38. The van der Waals surface area contributed by atoms with Gasteiger partial charge in [-0.15, -0.1) is 24.0 Å². The summed E-state index contributed by atoms with van der Waals surface area (Å²) < 4.78 is 5.27. The number of halogens is 1. The van der Waals surface area contributed by atoms with Crippen LogP contribution in [0, 0.1) is 5.41 Å². The highest BCUT2D eigenvalue weighted by Crippen LogP contribution is 2.24. The predicted octanol–water partition coefficient (Wildman–Crippen LogP) is 2.83. The molecule has 0 saturated carbocycles. The molecule has 1 unspecified atom stereocenters. The molecule has 1 aromatic rings. The van der Waals surface area contributed by atoms with E-state index >= 15 is 0 Å². The Morgan fingerprint density at radius 1 is 1.32 bits per heavy atom. The van der Waals surface area contributed by atoms with Gasteiger partial charge in [-0.2, -0.15) is 0 Å². The van der Waals surface area contributed by atoms with Crippen molar-refractivity contribution in [2.24, 2.45) is 10.4 Å². The van der Waals surface area contributed by atoms with E-state index in [0.29, 0.717) is 6.04 Å². The van der Waals surface area contributed by atoms with Crippen molar-refractivity contribution in [1.29, 1.82) is 0 Å². The number of nitrogens with one attached hydrogen (secondary N) is 2. The van der Waals surface area contributed by atoms with Crippen molar-refractivity contribution < 1.29 is 4.74 Å². The van der Waals surface area contributed by atoms with Crippen LogP contribution in [-0.4, -0.2) is 38.8 Å². The van der Waals surface area contributed by atoms with Gasteiger partial charge in [-0.1, -0.05) is 37.3 Å². The molecule has 0 spiro atoms. The van der Waals surface area contributed by atoms with Crippen molar-refractivity contribution >= 4 is 29.9 Å². The SMILES string of the molecule is CN=C(NCC1(C)COC1)NC(C)CCc1ccccc1.I. The summed E-state index contributed by atoms with van der Waals surface area (Å²) >= 11 is 0. The molecule has 1 aromatic carbocycles. The number of rotatable bonds is 6. The third kappa shape index (κ3) is 6.12. The van der Waals surface area contributed by atoms with Crippen LogP contribution in [0.5, 0.6) is 0 Å². The Labute approximate surface area is 151 Å². The van der Waals surface area contributed by atoms with Gasteiger partial charge in [0.1, 0.15) is 0 Å². The first-order chi connectivity index (χ1) is 10.1. The van der Waals surface area contributed by atoms with Crippen LogP contribution in [0.3, 0.4) is 0 Å². The van der Waals surface area contributed by atoms with Gasteiger partial charge in [0.15, 0.2) is 5.96 Å². The smallest absolute Gasteiger partial charge is 0.191 e. The van der Waals surface area contributed by atoms with E-state index in [2.05, 4.69) is 59.8 Å². The van der Waals surface area contributed by atoms with E-state index in [-0.39, 0.29) is 29.4 Å². The predicted molar refractivity (Wildman–Crippen MR) is 103 cm³/mol. The molecule has 2 rings (SSSR count). The Morgan fingerprint density at radius 3 is 2.55 bits per heavy atom. The molecule has 1 aliphatic heterocycles. The molecule has 0 aromatic heterocycles. The third-order valence-corrected chi connectivity index (χ3v) is 3.90. The summed E-state index contributed by atoms with van der Waals surface area (Å²) in [4.78, 5) is 4.30. The lowest BCUT2D eigenvalue weighted by atomic mass is 9.89. The average molecular weight is 417 g/mol. The maximum Gasteiger partial charge on any atom is 0.191 e. The Bertz CT molecular complexity index is 460. The second-order valence-corrected chi connectivity index (χ2v) is 6.30. The number of benzene rings is 1. The first kappa shape index (κ1) is 19.2. The minimum absolute atomic E-state index is 0. The number of hydrogen-bond donors (Lipinski definition) is 2. The molecule has 1 heterocycles. The summed E-state index contributed by atoms with van der Waals surface area (Å²) in [7, 11) is 1.82. The summed E-state index contributed by atoms with van der Waals surface area (Å²) in [6.45, 7) is 7.00. The summed E-state index contributed by atoms with van der Waals surface area (Å²) in [5, 5.41) is 6.86. The first-order valence-corrected chi connectivity index (χ1v) is 7.70. The van der Waals surface area contributed by atoms with Gasteiger partial charge in [-0.05, 0) is 25.3 Å². The van der Waals surface area contributed by atoms with Crippen LogP contribution in [0.25, 0.3) is 0 Å². The Morgan fingerprint density at radius 2 is 2.00 bits per heavy atom. The molecule has 2 N–H and O–H groups in total. The number of aliphatic imine (C=N–C) groups is 1. The zero-order valence-electron chi connectivity index (χ0n) is 13.8. The van der Waals surface area contributed by atoms with E-state index in [4.69, 9.17) is 4.74 Å². The normalized spacial score (nSPS) is 17.9. The van der Waals surface area contributed by atoms with Crippen molar-refractivity contribution in [2.45, 2.75) is 32.7 Å². The molecular formula is C17H28IN3O. The topological polar surface area (TPSA) is 45.7 Å². The third-order valence-electron chi connectivity index (χ3n) is 3.90. The highest BCUT2D eigenvalue weighted by atomic mass is 127. The fourth-order valence-electron chi connectivity index (χ4n) is 2.38. The van der Waals surface area contributed by atoms with Gasteiger partial charge in [0.05, 0.1) is 13.2 Å². The van der Waals surface area contributed by atoms with Gasteiger partial charge >= 0.3 is 0 Å². The van der Waals surface area contributed by atoms with Crippen LogP contribution >= 0.6 is 24.0 Å². The number of aryl methyl sites for hydroxylation is 1. The number of nitrogens with zero attached hydrogens (tertiary/aromatic N) is 1. The van der Waals surface area contributed by atoms with E-state index in [0.717, 1.165) is 38.6 Å². The molecule has 1 fully saturated rings. The molecule has 1 aliphatic rings. The van der Waals surface area contributed by atoms with Crippen molar-refractivity contribution in [2.75, 3.05) is 26.8 Å². The van der Waals surface area contributed by atoms with Crippen LogP contribution in [0.2, 0.25) is 0 Å². The van der Waals surface area contributed by atoms with Gasteiger partial charge < -0.3 is 15.4 Å². The standard InChI is InChI=1S/C17H27N3O.HI/c1-14(9-10-15-7-5-4-6-8-15)20-16(18-3)19-11-17(2)12-21-13-17;/h4-8,14H,9-13H2,1-3H3,(H2,18,19,20);1H. The maximum absolute atomic E-state index is 5.27. The quantitative estimate of drug-likeness (QED) is 0.425. The van der Waals surface area contributed by atoms with Gasteiger partial charge in [-0.25, -0.2) is 0 Å². The average Bonchev–Trinajstić information content (AvgIpc) is 2.48. The second kappa shape index (κ2) is 9.35. The molecule has 0 bridgehead atoms. The van der Waals surface area contributed by atoms with Gasteiger partial charge in [0, 0.05) is 25.0 Å². The Kier molecular flexibility index (Phi) is 8.17. The van der Waals surface area contributed by atoms with E-state index in [1.54, 1.807) is 0 Å².